The van der Waals surface area contributed by atoms with Crippen LogP contribution in [0.15, 0.2) is 16.8 Å². The van der Waals surface area contributed by atoms with E-state index in [4.69, 9.17) is 5.73 Å². The summed E-state index contributed by atoms with van der Waals surface area (Å²) in [6.45, 7) is 8.35. The number of amidine groups is 1. The number of nitrogens with one attached hydrogen (secondary N) is 1. The third-order valence-corrected chi connectivity index (χ3v) is 2.13. The summed E-state index contributed by atoms with van der Waals surface area (Å²) < 4.78 is 0. The molecule has 0 atom stereocenters. The van der Waals surface area contributed by atoms with E-state index in [9.17, 15) is 0 Å². The van der Waals surface area contributed by atoms with Crippen LogP contribution >= 0.6 is 0 Å². The molecule has 3 N–H and O–H groups in total. The highest BCUT2D eigenvalue weighted by Crippen LogP contribution is 2.25. The van der Waals surface area contributed by atoms with Gasteiger partial charge in [-0.15, -0.1) is 0 Å². The van der Waals surface area contributed by atoms with Gasteiger partial charge in [0, 0.05) is 24.9 Å². The number of hydrogen-bond donors (Lipinski definition) is 2. The summed E-state index contributed by atoms with van der Waals surface area (Å²) in [6.07, 6.45) is 2.78. The maximum absolute atomic E-state index is 5.61. The van der Waals surface area contributed by atoms with Gasteiger partial charge >= 0.3 is 0 Å². The first kappa shape index (κ1) is 10.1. The lowest BCUT2D eigenvalue weighted by Crippen LogP contribution is -2.35. The Hall–Kier alpha value is -0.990. The van der Waals surface area contributed by atoms with Gasteiger partial charge in [0.15, 0.2) is 0 Å². The van der Waals surface area contributed by atoms with E-state index >= 15 is 0 Å². The molecule has 0 aromatic rings. The van der Waals surface area contributed by atoms with E-state index in [2.05, 4.69) is 31.1 Å². The molecule has 0 radical (unpaired) electrons. The van der Waals surface area contributed by atoms with Crippen molar-refractivity contribution in [2.45, 2.75) is 27.2 Å². The van der Waals surface area contributed by atoms with Gasteiger partial charge in [-0.3, -0.25) is 4.99 Å². The molecule has 13 heavy (non-hydrogen) atoms. The normalized spacial score (nSPS) is 19.3. The summed E-state index contributed by atoms with van der Waals surface area (Å²) >= 11 is 0. The van der Waals surface area contributed by atoms with Crippen LogP contribution in [0.4, 0.5) is 0 Å². The fourth-order valence-corrected chi connectivity index (χ4v) is 1.40. The smallest absolute Gasteiger partial charge is 0.126 e. The second-order valence-electron chi connectivity index (χ2n) is 4.34. The van der Waals surface area contributed by atoms with E-state index in [-0.39, 0.29) is 5.41 Å². The van der Waals surface area contributed by atoms with Crippen LogP contribution in [0.3, 0.4) is 0 Å². The highest BCUT2D eigenvalue weighted by molar-refractivity contribution is 5.99. The van der Waals surface area contributed by atoms with Gasteiger partial charge in [0.1, 0.15) is 5.84 Å². The van der Waals surface area contributed by atoms with Crippen LogP contribution in [0.25, 0.3) is 0 Å². The highest BCUT2D eigenvalue weighted by atomic mass is 15.0. The number of aliphatic imine (C=N–C) groups is 1. The molecule has 0 unspecified atom stereocenters. The minimum Gasteiger partial charge on any atom is -0.404 e. The van der Waals surface area contributed by atoms with Gasteiger partial charge in [0.2, 0.25) is 0 Å². The van der Waals surface area contributed by atoms with Crippen molar-refractivity contribution in [2.24, 2.45) is 16.1 Å². The van der Waals surface area contributed by atoms with Crippen molar-refractivity contribution in [3.63, 3.8) is 0 Å². The maximum atomic E-state index is 5.61. The zero-order valence-corrected chi connectivity index (χ0v) is 8.72. The van der Waals surface area contributed by atoms with Gasteiger partial charge in [-0.2, -0.15) is 0 Å². The van der Waals surface area contributed by atoms with E-state index in [1.807, 2.05) is 0 Å². The predicted octanol–water partition coefficient (Wildman–Crippen LogP) is 1.27. The Morgan fingerprint density at radius 2 is 2.23 bits per heavy atom. The first-order valence-electron chi connectivity index (χ1n) is 4.77. The lowest BCUT2D eigenvalue weighted by Gasteiger charge is -2.26. The number of nitrogens with two attached hydrogens (primary N) is 1. The molecule has 74 valence electrons. The van der Waals surface area contributed by atoms with Crippen molar-refractivity contribution in [3.05, 3.63) is 11.8 Å². The first-order chi connectivity index (χ1) is 6.05. The topological polar surface area (TPSA) is 50.4 Å². The number of hydrogen-bond acceptors (Lipinski definition) is 3. The van der Waals surface area contributed by atoms with E-state index in [0.29, 0.717) is 0 Å². The molecule has 0 aromatic carbocycles. The fraction of sp³-hybridized carbons (Fsp3) is 0.700. The molecule has 3 heteroatoms. The maximum Gasteiger partial charge on any atom is 0.126 e. The zero-order chi connectivity index (χ0) is 9.90. The van der Waals surface area contributed by atoms with Crippen molar-refractivity contribution >= 4 is 5.84 Å². The van der Waals surface area contributed by atoms with Crippen LogP contribution < -0.4 is 11.1 Å². The standard InChI is InChI=1S/C10H19N3/c1-10(2,3)8(7-11)9-12-5-4-6-13-9/h7H,4-6,11H2,1-3H3,(H,12,13)/b8-7+. The molecule has 0 bridgehead atoms. The molecule has 0 aliphatic carbocycles. The Labute approximate surface area is 80.1 Å². The highest BCUT2D eigenvalue weighted by Gasteiger charge is 2.22. The van der Waals surface area contributed by atoms with Crippen LogP contribution in [0, 0.1) is 5.41 Å². The monoisotopic (exact) mass is 181 g/mol. The van der Waals surface area contributed by atoms with Crippen molar-refractivity contribution in [3.8, 4) is 0 Å². The molecule has 0 saturated heterocycles. The largest absolute Gasteiger partial charge is 0.404 e. The predicted molar refractivity (Wildman–Crippen MR) is 56.6 cm³/mol. The molecular formula is C10H19N3. The molecular weight excluding hydrogens is 162 g/mol. The summed E-state index contributed by atoms with van der Waals surface area (Å²) in [5.41, 5.74) is 6.78. The molecule has 0 aromatic heterocycles. The third kappa shape index (κ3) is 2.47. The van der Waals surface area contributed by atoms with Gasteiger partial charge in [0.25, 0.3) is 0 Å². The van der Waals surface area contributed by atoms with Gasteiger partial charge < -0.3 is 11.1 Å². The lowest BCUT2D eigenvalue weighted by molar-refractivity contribution is 0.517. The fourth-order valence-electron chi connectivity index (χ4n) is 1.40. The van der Waals surface area contributed by atoms with E-state index < -0.39 is 0 Å². The average molecular weight is 181 g/mol. The summed E-state index contributed by atoms with van der Waals surface area (Å²) in [5, 5.41) is 3.28. The molecule has 1 heterocycles. The van der Waals surface area contributed by atoms with Crippen LogP contribution in [0.5, 0.6) is 0 Å². The molecule has 1 aliphatic rings. The average Bonchev–Trinajstić information content (AvgIpc) is 2.05. The minimum absolute atomic E-state index is 0.0674. The van der Waals surface area contributed by atoms with Crippen LogP contribution in [0.2, 0.25) is 0 Å². The molecule has 0 saturated carbocycles. The van der Waals surface area contributed by atoms with Crippen molar-refractivity contribution in [2.75, 3.05) is 13.1 Å². The second-order valence-corrected chi connectivity index (χ2v) is 4.34. The Kier molecular flexibility index (Phi) is 2.96. The van der Waals surface area contributed by atoms with Gasteiger partial charge in [-0.05, 0) is 11.8 Å². The molecule has 0 amide bonds. The van der Waals surface area contributed by atoms with Crippen molar-refractivity contribution < 1.29 is 0 Å². The van der Waals surface area contributed by atoms with E-state index in [1.54, 1.807) is 6.20 Å². The van der Waals surface area contributed by atoms with Crippen LogP contribution in [-0.4, -0.2) is 18.9 Å². The first-order valence-corrected chi connectivity index (χ1v) is 4.77. The van der Waals surface area contributed by atoms with Crippen LogP contribution in [0.1, 0.15) is 27.2 Å². The van der Waals surface area contributed by atoms with Gasteiger partial charge in [-0.25, -0.2) is 0 Å². The minimum atomic E-state index is 0.0674. The Morgan fingerprint density at radius 1 is 1.54 bits per heavy atom. The van der Waals surface area contributed by atoms with Crippen molar-refractivity contribution in [1.82, 2.24) is 5.32 Å². The van der Waals surface area contributed by atoms with E-state index in [1.165, 1.54) is 0 Å². The van der Waals surface area contributed by atoms with Crippen molar-refractivity contribution in [1.29, 1.82) is 0 Å². The lowest BCUT2D eigenvalue weighted by atomic mass is 9.86. The SMILES string of the molecule is CC(C)(C)/C(=C/N)C1=NCCCN1. The molecule has 0 spiro atoms. The molecule has 1 rings (SSSR count). The number of rotatable bonds is 1. The van der Waals surface area contributed by atoms with Crippen LogP contribution in [-0.2, 0) is 0 Å². The Balaban J connectivity index is 2.84. The third-order valence-electron chi connectivity index (χ3n) is 2.13. The molecule has 3 nitrogen and oxygen atoms in total. The van der Waals surface area contributed by atoms with Gasteiger partial charge in [-0.1, -0.05) is 20.8 Å². The summed E-state index contributed by atoms with van der Waals surface area (Å²) in [6, 6.07) is 0. The zero-order valence-electron chi connectivity index (χ0n) is 8.72. The summed E-state index contributed by atoms with van der Waals surface area (Å²) in [4.78, 5) is 4.42. The Bertz CT molecular complexity index is 233. The molecule has 0 fully saturated rings. The van der Waals surface area contributed by atoms with E-state index in [0.717, 1.165) is 30.9 Å². The van der Waals surface area contributed by atoms with Gasteiger partial charge in [0.05, 0.1) is 0 Å². The summed E-state index contributed by atoms with van der Waals surface area (Å²) in [7, 11) is 0. The second kappa shape index (κ2) is 3.81. The number of nitrogens with zero attached hydrogens (tertiary/aromatic N) is 1. The quantitative estimate of drug-likeness (QED) is 0.640. The molecule has 1 aliphatic heterocycles. The Morgan fingerprint density at radius 3 is 2.62 bits per heavy atom. The summed E-state index contributed by atoms with van der Waals surface area (Å²) in [5.74, 6) is 0.973.